The van der Waals surface area contributed by atoms with Crippen molar-refractivity contribution in [2.45, 2.75) is 65.4 Å². The largest absolute Gasteiger partial charge is 0.470 e. The van der Waals surface area contributed by atoms with Crippen LogP contribution in [0.25, 0.3) is 0 Å². The van der Waals surface area contributed by atoms with Crippen LogP contribution in [0.4, 0.5) is 5.82 Å². The van der Waals surface area contributed by atoms with Crippen molar-refractivity contribution < 1.29 is 57.5 Å². The van der Waals surface area contributed by atoms with Gasteiger partial charge in [-0.3, -0.25) is 9.59 Å². The molecule has 3 atom stereocenters. The van der Waals surface area contributed by atoms with Crippen molar-refractivity contribution in [3.8, 4) is 5.88 Å². The molecule has 1 fully saturated rings. The van der Waals surface area contributed by atoms with Gasteiger partial charge in [0.05, 0.1) is 31.5 Å². The summed E-state index contributed by atoms with van der Waals surface area (Å²) >= 11 is 0.940. The van der Waals surface area contributed by atoms with Crippen molar-refractivity contribution in [3.05, 3.63) is 0 Å². The van der Waals surface area contributed by atoms with E-state index in [0.717, 1.165) is 11.7 Å². The van der Waals surface area contributed by atoms with E-state index >= 15 is 0 Å². The highest BCUT2D eigenvalue weighted by atomic mass is 32.1. The Labute approximate surface area is 247 Å². The van der Waals surface area contributed by atoms with Crippen LogP contribution in [0.5, 0.6) is 5.88 Å². The van der Waals surface area contributed by atoms with Gasteiger partial charge in [-0.15, -0.1) is 4.37 Å². The number of hydrogen-bond acceptors (Lipinski definition) is 16. The van der Waals surface area contributed by atoms with Gasteiger partial charge in [0.25, 0.3) is 11.8 Å². The lowest BCUT2D eigenvalue weighted by Gasteiger charge is -2.37. The topological polar surface area (TPSA) is 193 Å². The quantitative estimate of drug-likeness (QED) is 0.211. The highest BCUT2D eigenvalue weighted by molar-refractivity contribution is 6.99. The number of morpholine rings is 1. The predicted octanol–water partition coefficient (Wildman–Crippen LogP) is -0.289. The number of aliphatic hydroxyl groups is 1. The van der Waals surface area contributed by atoms with Crippen LogP contribution in [0, 0.1) is 0 Å². The molecule has 1 aromatic rings. The molecule has 1 saturated heterocycles. The number of hydrogen-bond donors (Lipinski definition) is 1. The highest BCUT2D eigenvalue weighted by Crippen LogP contribution is 2.27. The van der Waals surface area contributed by atoms with Gasteiger partial charge in [0.15, 0.2) is 25.4 Å². The molecule has 1 aromatic heterocycles. The van der Waals surface area contributed by atoms with Crippen LogP contribution in [-0.4, -0.2) is 125 Å². The Hall–Kier alpha value is -3.57. The Morgan fingerprint density at radius 2 is 1.69 bits per heavy atom. The van der Waals surface area contributed by atoms with E-state index in [1.54, 1.807) is 20.8 Å². The summed E-state index contributed by atoms with van der Waals surface area (Å²) in [6.45, 7) is 9.21. The van der Waals surface area contributed by atoms with Crippen LogP contribution in [-0.2, 0) is 47.7 Å². The number of rotatable bonds is 14. The van der Waals surface area contributed by atoms with Crippen LogP contribution in [0.15, 0.2) is 0 Å². The zero-order chi connectivity index (χ0) is 31.4. The standard InChI is InChI=1S/C25H38N4O12S/c1-15(30)23(34)40-16(2)24(35)39-14-20(33)41-18(11-29(25(4,5)6)19(32)13-37-17(3)31)12-38-22-21(26-42-27-22)28-7-9-36-10-8-28/h15-16,18,30H,7-14H2,1-6H3/t15-,16-,18-/m0/s1. The van der Waals surface area contributed by atoms with Gasteiger partial charge >= 0.3 is 23.9 Å². The second-order valence-electron chi connectivity index (χ2n) is 10.2. The van der Waals surface area contributed by atoms with E-state index in [1.807, 2.05) is 4.90 Å². The summed E-state index contributed by atoms with van der Waals surface area (Å²) in [4.78, 5) is 63.8. The average Bonchev–Trinajstić information content (AvgIpc) is 3.40. The van der Waals surface area contributed by atoms with Crippen molar-refractivity contribution in [2.75, 3.05) is 57.6 Å². The Morgan fingerprint density at radius 3 is 2.29 bits per heavy atom. The molecule has 1 aliphatic heterocycles. The van der Waals surface area contributed by atoms with Crippen LogP contribution < -0.4 is 9.64 Å². The molecule has 42 heavy (non-hydrogen) atoms. The lowest BCUT2D eigenvalue weighted by molar-refractivity contribution is -0.176. The van der Waals surface area contributed by atoms with Crippen molar-refractivity contribution >= 4 is 47.3 Å². The first-order valence-corrected chi connectivity index (χ1v) is 13.9. The fourth-order valence-corrected chi connectivity index (χ4v) is 4.03. The molecule has 1 N–H and O–H groups in total. The summed E-state index contributed by atoms with van der Waals surface area (Å²) < 4.78 is 39.7. The normalized spacial score (nSPS) is 15.5. The van der Waals surface area contributed by atoms with E-state index in [-0.39, 0.29) is 19.0 Å². The number of esters is 4. The van der Waals surface area contributed by atoms with Crippen molar-refractivity contribution in [2.24, 2.45) is 0 Å². The van der Waals surface area contributed by atoms with Gasteiger partial charge in [-0.2, -0.15) is 4.37 Å². The summed E-state index contributed by atoms with van der Waals surface area (Å²) in [5.41, 5.74) is -0.779. The summed E-state index contributed by atoms with van der Waals surface area (Å²) in [6, 6.07) is 0. The molecule has 0 aliphatic carbocycles. The minimum atomic E-state index is -1.45. The third-order valence-corrected chi connectivity index (χ3v) is 6.15. The van der Waals surface area contributed by atoms with Gasteiger partial charge in [0.1, 0.15) is 12.7 Å². The van der Waals surface area contributed by atoms with E-state index in [0.29, 0.717) is 32.1 Å². The maximum atomic E-state index is 12.9. The molecule has 0 spiro atoms. The maximum absolute atomic E-state index is 12.9. The summed E-state index contributed by atoms with van der Waals surface area (Å²) in [6.07, 6.45) is -3.91. The highest BCUT2D eigenvalue weighted by Gasteiger charge is 2.32. The smallest absolute Gasteiger partial charge is 0.347 e. The van der Waals surface area contributed by atoms with Crippen molar-refractivity contribution in [1.82, 2.24) is 13.6 Å². The van der Waals surface area contributed by atoms with E-state index in [9.17, 15) is 29.1 Å². The molecule has 0 aromatic carbocycles. The van der Waals surface area contributed by atoms with Gasteiger partial charge in [-0.1, -0.05) is 0 Å². The molecule has 16 nitrogen and oxygen atoms in total. The molecule has 0 radical (unpaired) electrons. The van der Waals surface area contributed by atoms with E-state index < -0.39 is 66.8 Å². The second kappa shape index (κ2) is 16.2. The summed E-state index contributed by atoms with van der Waals surface area (Å²) in [5, 5.41) is 9.23. The number of amides is 1. The lowest BCUT2D eigenvalue weighted by Crippen LogP contribution is -2.52. The minimum absolute atomic E-state index is 0.170. The first kappa shape index (κ1) is 34.6. The molecule has 2 heterocycles. The predicted molar refractivity (Wildman–Crippen MR) is 145 cm³/mol. The molecule has 0 bridgehead atoms. The summed E-state index contributed by atoms with van der Waals surface area (Å²) in [7, 11) is 0. The number of carbonyl (C=O) groups excluding carboxylic acids is 5. The molecule has 0 saturated carbocycles. The molecule has 2 rings (SSSR count). The van der Waals surface area contributed by atoms with E-state index in [1.165, 1.54) is 25.7 Å². The van der Waals surface area contributed by atoms with Crippen LogP contribution in [0.3, 0.4) is 0 Å². The maximum Gasteiger partial charge on any atom is 0.347 e. The third kappa shape index (κ3) is 11.4. The molecule has 17 heteroatoms. The monoisotopic (exact) mass is 618 g/mol. The zero-order valence-corrected chi connectivity index (χ0v) is 25.3. The first-order valence-electron chi connectivity index (χ1n) is 13.2. The van der Waals surface area contributed by atoms with E-state index in [2.05, 4.69) is 8.75 Å². The van der Waals surface area contributed by atoms with Crippen LogP contribution >= 0.6 is 11.7 Å². The van der Waals surface area contributed by atoms with Gasteiger partial charge in [0.2, 0.25) is 5.82 Å². The molecular weight excluding hydrogens is 580 g/mol. The Balaban J connectivity index is 2.13. The Kier molecular flexibility index (Phi) is 13.3. The van der Waals surface area contributed by atoms with Gasteiger partial charge in [-0.25, -0.2) is 14.4 Å². The fraction of sp³-hybridized carbons (Fsp3) is 0.720. The third-order valence-electron chi connectivity index (χ3n) is 5.65. The number of nitrogens with zero attached hydrogens (tertiary/aromatic N) is 4. The number of ether oxygens (including phenoxy) is 6. The van der Waals surface area contributed by atoms with Crippen LogP contribution in [0.1, 0.15) is 41.5 Å². The van der Waals surface area contributed by atoms with Crippen molar-refractivity contribution in [3.63, 3.8) is 0 Å². The van der Waals surface area contributed by atoms with Crippen LogP contribution in [0.2, 0.25) is 0 Å². The number of aromatic nitrogens is 2. The number of carbonyl (C=O) groups is 5. The first-order chi connectivity index (χ1) is 19.7. The zero-order valence-electron chi connectivity index (χ0n) is 24.5. The summed E-state index contributed by atoms with van der Waals surface area (Å²) in [5.74, 6) is -3.51. The lowest BCUT2D eigenvalue weighted by atomic mass is 10.1. The SMILES string of the molecule is CC(=O)OCC(=O)N(C[C@@H](COc1nsnc1N1CCOCC1)OC(=O)COC(=O)[C@H](C)OC(=O)[C@H](C)O)C(C)(C)C. The Bertz CT molecular complexity index is 1080. The van der Waals surface area contributed by atoms with E-state index in [4.69, 9.17) is 28.4 Å². The van der Waals surface area contributed by atoms with Gasteiger partial charge < -0.3 is 43.3 Å². The molecule has 0 unspecified atom stereocenters. The van der Waals surface area contributed by atoms with Gasteiger partial charge in [-0.05, 0) is 34.6 Å². The Morgan fingerprint density at radius 1 is 1.02 bits per heavy atom. The molecule has 1 aliphatic rings. The average molecular weight is 619 g/mol. The van der Waals surface area contributed by atoms with Crippen molar-refractivity contribution in [1.29, 1.82) is 0 Å². The second-order valence-corrected chi connectivity index (χ2v) is 10.8. The minimum Gasteiger partial charge on any atom is -0.470 e. The molecule has 236 valence electrons. The molecular formula is C25H38N4O12S. The fourth-order valence-electron chi connectivity index (χ4n) is 3.51. The van der Waals surface area contributed by atoms with Gasteiger partial charge in [0, 0.05) is 25.6 Å². The number of anilines is 1. The number of aliphatic hydroxyl groups excluding tert-OH is 1. The molecule has 1 amide bonds.